The maximum Gasteiger partial charge on any atom is 0.352 e. The highest BCUT2D eigenvalue weighted by Gasteiger charge is 2.23. The van der Waals surface area contributed by atoms with Gasteiger partial charge in [0.25, 0.3) is 0 Å². The van der Waals surface area contributed by atoms with Gasteiger partial charge in [0.1, 0.15) is 23.7 Å². The number of hydrogen-bond donors (Lipinski definition) is 0. The molecule has 2 heterocycles. The molecule has 4 nitrogen and oxygen atoms in total. The van der Waals surface area contributed by atoms with Gasteiger partial charge < -0.3 is 4.74 Å². The summed E-state index contributed by atoms with van der Waals surface area (Å²) in [7, 11) is 0. The predicted molar refractivity (Wildman–Crippen MR) is 94.6 cm³/mol. The third kappa shape index (κ3) is 3.67. The van der Waals surface area contributed by atoms with Crippen LogP contribution in [0.15, 0.2) is 47.6 Å². The van der Waals surface area contributed by atoms with Crippen LogP contribution in [0, 0.1) is 5.82 Å². The molecule has 132 valence electrons. The molecule has 1 aliphatic carbocycles. The number of halogens is 2. The average molecular weight is 372 g/mol. The first-order valence-electron chi connectivity index (χ1n) is 8.12. The van der Waals surface area contributed by atoms with Gasteiger partial charge in [-0.1, -0.05) is 0 Å². The molecule has 0 aliphatic heterocycles. The van der Waals surface area contributed by atoms with Crippen LogP contribution in [-0.2, 0) is 6.61 Å². The Morgan fingerprint density at radius 1 is 1.19 bits per heavy atom. The number of rotatable bonds is 6. The molecule has 0 radical (unpaired) electrons. The van der Waals surface area contributed by atoms with Crippen LogP contribution in [0.25, 0.3) is 10.9 Å². The van der Waals surface area contributed by atoms with Gasteiger partial charge in [0.2, 0.25) is 0 Å². The largest absolute Gasteiger partial charge is 0.488 e. The quantitative estimate of drug-likeness (QED) is 0.587. The topological polar surface area (TPSA) is 52.1 Å². The lowest BCUT2D eigenvalue weighted by molar-refractivity contribution is 0.0832. The SMILES string of the molecule is O=C(F)c1nccc2c(OCc3cc(F)cc(SC4CC4)c3)ccnc12. The van der Waals surface area contributed by atoms with Crippen LogP contribution in [0.2, 0.25) is 0 Å². The Bertz CT molecular complexity index is 992. The van der Waals surface area contributed by atoms with Gasteiger partial charge in [-0.2, -0.15) is 4.39 Å². The summed E-state index contributed by atoms with van der Waals surface area (Å²) in [5, 5.41) is 1.06. The Balaban J connectivity index is 1.59. The molecule has 0 atom stereocenters. The van der Waals surface area contributed by atoms with Crippen molar-refractivity contribution < 1.29 is 18.3 Å². The zero-order chi connectivity index (χ0) is 18.1. The highest BCUT2D eigenvalue weighted by Crippen LogP contribution is 2.39. The van der Waals surface area contributed by atoms with Gasteiger partial charge in [-0.3, -0.25) is 9.78 Å². The van der Waals surface area contributed by atoms with E-state index in [-0.39, 0.29) is 23.6 Å². The Kier molecular flexibility index (Phi) is 4.55. The van der Waals surface area contributed by atoms with E-state index in [1.54, 1.807) is 23.9 Å². The standard InChI is InChI=1S/C19H14F2N2O2S/c20-12-7-11(8-14(9-12)26-13-1-2-13)10-25-16-4-6-22-17-15(16)3-5-23-18(17)19(21)24/h3-9,13H,1-2,10H2. The lowest BCUT2D eigenvalue weighted by atomic mass is 10.2. The number of ether oxygens (including phenoxy) is 1. The first-order valence-corrected chi connectivity index (χ1v) is 9.00. The van der Waals surface area contributed by atoms with E-state index in [1.807, 2.05) is 6.07 Å². The lowest BCUT2D eigenvalue weighted by Gasteiger charge is -2.11. The van der Waals surface area contributed by atoms with Crippen LogP contribution in [0.1, 0.15) is 28.9 Å². The number of nitrogens with zero attached hydrogens (tertiary/aromatic N) is 2. The monoisotopic (exact) mass is 372 g/mol. The van der Waals surface area contributed by atoms with Gasteiger partial charge in [0.05, 0.1) is 0 Å². The number of carbonyl (C=O) groups excluding carboxylic acids is 1. The number of carbonyl (C=O) groups is 1. The molecule has 1 aromatic carbocycles. The van der Waals surface area contributed by atoms with E-state index in [0.29, 0.717) is 21.9 Å². The fourth-order valence-corrected chi connectivity index (χ4v) is 3.79. The molecule has 7 heteroatoms. The Hall–Kier alpha value is -2.54. The molecule has 0 amide bonds. The van der Waals surface area contributed by atoms with Crippen LogP contribution in [-0.4, -0.2) is 21.3 Å². The van der Waals surface area contributed by atoms with Crippen LogP contribution in [0.5, 0.6) is 5.75 Å². The van der Waals surface area contributed by atoms with Crippen LogP contribution >= 0.6 is 11.8 Å². The van der Waals surface area contributed by atoms with Crippen molar-refractivity contribution in [2.45, 2.75) is 29.6 Å². The highest BCUT2D eigenvalue weighted by molar-refractivity contribution is 8.00. The molecule has 2 aromatic heterocycles. The van der Waals surface area contributed by atoms with Gasteiger partial charge in [0.15, 0.2) is 5.69 Å². The van der Waals surface area contributed by atoms with E-state index in [4.69, 9.17) is 4.74 Å². The molecule has 3 aromatic rings. The zero-order valence-electron chi connectivity index (χ0n) is 13.6. The molecule has 4 rings (SSSR count). The van der Waals surface area contributed by atoms with E-state index in [1.165, 1.54) is 37.4 Å². The zero-order valence-corrected chi connectivity index (χ0v) is 14.4. The van der Waals surface area contributed by atoms with Crippen molar-refractivity contribution in [2.75, 3.05) is 0 Å². The lowest BCUT2D eigenvalue weighted by Crippen LogP contribution is -2.01. The molecule has 0 saturated heterocycles. The summed E-state index contributed by atoms with van der Waals surface area (Å²) in [4.78, 5) is 19.7. The maximum absolute atomic E-state index is 13.9. The van der Waals surface area contributed by atoms with E-state index in [9.17, 15) is 13.6 Å². The van der Waals surface area contributed by atoms with Crippen LogP contribution in [0.3, 0.4) is 0 Å². The predicted octanol–water partition coefficient (Wildman–Crippen LogP) is 4.71. The van der Waals surface area contributed by atoms with Crippen molar-refractivity contribution in [1.29, 1.82) is 0 Å². The van der Waals surface area contributed by atoms with Gasteiger partial charge in [-0.15, -0.1) is 11.8 Å². The van der Waals surface area contributed by atoms with Crippen molar-refractivity contribution in [2.24, 2.45) is 0 Å². The van der Waals surface area contributed by atoms with Crippen molar-refractivity contribution in [3.63, 3.8) is 0 Å². The molecular formula is C19H14F2N2O2S. The summed E-state index contributed by atoms with van der Waals surface area (Å²) < 4.78 is 32.8. The number of thioether (sulfide) groups is 1. The van der Waals surface area contributed by atoms with E-state index in [0.717, 1.165) is 4.90 Å². The number of hydrogen-bond acceptors (Lipinski definition) is 5. The Morgan fingerprint density at radius 2 is 2.00 bits per heavy atom. The van der Waals surface area contributed by atoms with Gasteiger partial charge >= 0.3 is 6.04 Å². The molecule has 26 heavy (non-hydrogen) atoms. The molecular weight excluding hydrogens is 358 g/mol. The summed E-state index contributed by atoms with van der Waals surface area (Å²) in [5.41, 5.74) is 0.498. The fraction of sp³-hybridized carbons (Fsp3) is 0.211. The minimum Gasteiger partial charge on any atom is -0.488 e. The second-order valence-electron chi connectivity index (χ2n) is 6.04. The van der Waals surface area contributed by atoms with E-state index >= 15 is 0 Å². The second-order valence-corrected chi connectivity index (χ2v) is 7.41. The van der Waals surface area contributed by atoms with Crippen molar-refractivity contribution in [1.82, 2.24) is 9.97 Å². The minimum absolute atomic E-state index is 0.140. The number of benzene rings is 1. The molecule has 1 fully saturated rings. The summed E-state index contributed by atoms with van der Waals surface area (Å²) in [6.07, 6.45) is 5.08. The van der Waals surface area contributed by atoms with Gasteiger partial charge in [-0.05, 0) is 48.7 Å². The Morgan fingerprint density at radius 3 is 2.77 bits per heavy atom. The van der Waals surface area contributed by atoms with Gasteiger partial charge in [-0.25, -0.2) is 9.37 Å². The highest BCUT2D eigenvalue weighted by atomic mass is 32.2. The molecule has 0 N–H and O–H groups in total. The first-order chi connectivity index (χ1) is 12.6. The molecule has 1 aliphatic rings. The molecule has 0 spiro atoms. The average Bonchev–Trinajstić information content (AvgIpc) is 3.42. The first kappa shape index (κ1) is 16.9. The second kappa shape index (κ2) is 6.99. The number of fused-ring (bicyclic) bond motifs is 1. The van der Waals surface area contributed by atoms with Crippen molar-refractivity contribution in [3.8, 4) is 5.75 Å². The normalized spacial score (nSPS) is 13.8. The number of aromatic nitrogens is 2. The summed E-state index contributed by atoms with van der Waals surface area (Å²) in [5.74, 6) is 0.129. The van der Waals surface area contributed by atoms with E-state index in [2.05, 4.69) is 9.97 Å². The van der Waals surface area contributed by atoms with E-state index < -0.39 is 6.04 Å². The molecule has 0 bridgehead atoms. The number of pyridine rings is 2. The van der Waals surface area contributed by atoms with Crippen molar-refractivity contribution >= 4 is 28.7 Å². The Labute approximate surface area is 152 Å². The molecule has 0 unspecified atom stereocenters. The summed E-state index contributed by atoms with van der Waals surface area (Å²) in [6.45, 7) is 0.149. The summed E-state index contributed by atoms with van der Waals surface area (Å²) >= 11 is 1.67. The smallest absolute Gasteiger partial charge is 0.352 e. The minimum atomic E-state index is -1.65. The van der Waals surface area contributed by atoms with Crippen LogP contribution < -0.4 is 4.74 Å². The van der Waals surface area contributed by atoms with Crippen LogP contribution in [0.4, 0.5) is 8.78 Å². The molecule has 1 saturated carbocycles. The fourth-order valence-electron chi connectivity index (χ4n) is 2.63. The summed E-state index contributed by atoms with van der Waals surface area (Å²) in [6, 6.07) is 6.44. The maximum atomic E-state index is 13.9. The third-order valence-electron chi connectivity index (χ3n) is 3.96. The third-order valence-corrected chi connectivity index (χ3v) is 5.27. The van der Waals surface area contributed by atoms with Gasteiger partial charge in [0, 0.05) is 27.9 Å². The van der Waals surface area contributed by atoms with Crippen molar-refractivity contribution in [3.05, 3.63) is 59.8 Å².